The Labute approximate surface area is 234 Å². The third-order valence-electron chi connectivity index (χ3n) is 6.50. The van der Waals surface area contributed by atoms with Gasteiger partial charge in [-0.2, -0.15) is 0 Å². The number of fused-ring (bicyclic) bond motifs is 2. The minimum atomic E-state index is 0.229. The Bertz CT molecular complexity index is 1680. The van der Waals surface area contributed by atoms with E-state index < -0.39 is 0 Å². The zero-order valence-electron chi connectivity index (χ0n) is 22.5. The molecule has 0 saturated carbocycles. The first kappa shape index (κ1) is 26.4. The number of pyridine rings is 2. The molecule has 196 valence electrons. The molecule has 0 aliphatic rings. The smallest absolute Gasteiger partial charge is 0.124 e. The van der Waals surface area contributed by atoms with E-state index in [0.29, 0.717) is 0 Å². The maximum atomic E-state index is 10.2. The van der Waals surface area contributed by atoms with Crippen molar-refractivity contribution in [3.8, 4) is 0 Å². The number of aryl methyl sites for hydroxylation is 2. The molecule has 0 unspecified atom stereocenters. The van der Waals surface area contributed by atoms with E-state index in [1.165, 1.54) is 11.1 Å². The fraction of sp³-hybridized carbons (Fsp3) is 0.0556. The summed E-state index contributed by atoms with van der Waals surface area (Å²) in [5, 5.41) is 22.5. The summed E-state index contributed by atoms with van der Waals surface area (Å²) in [7, 11) is 0. The van der Waals surface area contributed by atoms with Crippen LogP contribution in [0.5, 0.6) is 0 Å². The average Bonchev–Trinajstić information content (AvgIpc) is 2.98. The lowest BCUT2D eigenvalue weighted by atomic mass is 10.1. The SMILES string of the molecule is Cc1ccc(/C(O)=C/c2ccc3ccccc3n2)cc1.Cc1ccc(/C(O)=C/c2ccc3ccccc3n2)cc1. The van der Waals surface area contributed by atoms with Gasteiger partial charge < -0.3 is 10.2 Å². The summed E-state index contributed by atoms with van der Waals surface area (Å²) >= 11 is 0. The van der Waals surface area contributed by atoms with Gasteiger partial charge in [-0.1, -0.05) is 108 Å². The first-order chi connectivity index (χ1) is 19.4. The molecule has 2 aromatic heterocycles. The molecule has 4 heteroatoms. The lowest BCUT2D eigenvalue weighted by Gasteiger charge is -2.02. The van der Waals surface area contributed by atoms with Gasteiger partial charge in [0.2, 0.25) is 0 Å². The summed E-state index contributed by atoms with van der Waals surface area (Å²) in [5.74, 6) is 0.459. The third kappa shape index (κ3) is 6.61. The number of benzene rings is 4. The lowest BCUT2D eigenvalue weighted by molar-refractivity contribution is 0.514. The number of aliphatic hydroxyl groups is 2. The van der Waals surface area contributed by atoms with Crippen molar-refractivity contribution in [3.63, 3.8) is 0 Å². The van der Waals surface area contributed by atoms with Crippen LogP contribution in [0.4, 0.5) is 0 Å². The Morgan fingerprint density at radius 2 is 0.850 bits per heavy atom. The topological polar surface area (TPSA) is 66.2 Å². The van der Waals surface area contributed by atoms with E-state index in [0.717, 1.165) is 44.3 Å². The van der Waals surface area contributed by atoms with Gasteiger partial charge in [0.25, 0.3) is 0 Å². The molecule has 2 heterocycles. The molecule has 40 heavy (non-hydrogen) atoms. The molecule has 0 aliphatic carbocycles. The van der Waals surface area contributed by atoms with Crippen molar-refractivity contribution in [2.24, 2.45) is 0 Å². The van der Waals surface area contributed by atoms with Crippen LogP contribution >= 0.6 is 0 Å². The van der Waals surface area contributed by atoms with Gasteiger partial charge in [0.1, 0.15) is 11.5 Å². The van der Waals surface area contributed by atoms with Crippen molar-refractivity contribution < 1.29 is 10.2 Å². The predicted octanol–water partition coefficient (Wildman–Crippen LogP) is 9.20. The third-order valence-corrected chi connectivity index (χ3v) is 6.50. The Morgan fingerprint density at radius 1 is 0.475 bits per heavy atom. The minimum absolute atomic E-state index is 0.229. The van der Waals surface area contributed by atoms with Crippen molar-refractivity contribution in [3.05, 3.63) is 155 Å². The van der Waals surface area contributed by atoms with Crippen LogP contribution < -0.4 is 0 Å². The summed E-state index contributed by atoms with van der Waals surface area (Å²) in [6.07, 6.45) is 3.38. The lowest BCUT2D eigenvalue weighted by Crippen LogP contribution is -1.87. The summed E-state index contributed by atoms with van der Waals surface area (Å²) in [4.78, 5) is 9.04. The van der Waals surface area contributed by atoms with E-state index in [2.05, 4.69) is 9.97 Å². The highest BCUT2D eigenvalue weighted by atomic mass is 16.3. The van der Waals surface area contributed by atoms with Gasteiger partial charge in [0, 0.05) is 34.1 Å². The highest BCUT2D eigenvalue weighted by Gasteiger charge is 2.02. The van der Waals surface area contributed by atoms with Gasteiger partial charge in [0.05, 0.1) is 22.4 Å². The molecule has 0 fully saturated rings. The molecule has 0 radical (unpaired) electrons. The van der Waals surface area contributed by atoms with E-state index in [4.69, 9.17) is 0 Å². The van der Waals surface area contributed by atoms with Crippen LogP contribution in [0, 0.1) is 13.8 Å². The Balaban J connectivity index is 0.000000161. The normalized spacial score (nSPS) is 11.8. The highest BCUT2D eigenvalue weighted by Crippen LogP contribution is 2.19. The minimum Gasteiger partial charge on any atom is -0.507 e. The summed E-state index contributed by atoms with van der Waals surface area (Å²) in [6.45, 7) is 4.05. The van der Waals surface area contributed by atoms with Crippen LogP contribution in [0.2, 0.25) is 0 Å². The first-order valence-electron chi connectivity index (χ1n) is 13.1. The highest BCUT2D eigenvalue weighted by molar-refractivity contribution is 5.83. The largest absolute Gasteiger partial charge is 0.507 e. The predicted molar refractivity (Wildman–Crippen MR) is 167 cm³/mol. The average molecular weight is 523 g/mol. The van der Waals surface area contributed by atoms with Gasteiger partial charge in [-0.25, -0.2) is 9.97 Å². The quantitative estimate of drug-likeness (QED) is 0.227. The van der Waals surface area contributed by atoms with Crippen LogP contribution in [0.15, 0.2) is 121 Å². The molecule has 6 aromatic rings. The second kappa shape index (κ2) is 12.1. The molecule has 0 atom stereocenters. The molecule has 0 saturated heterocycles. The second-order valence-electron chi connectivity index (χ2n) is 9.65. The molecule has 4 nitrogen and oxygen atoms in total. The molecule has 0 amide bonds. The van der Waals surface area contributed by atoms with Gasteiger partial charge in [-0.3, -0.25) is 0 Å². The molecule has 4 aromatic carbocycles. The van der Waals surface area contributed by atoms with Gasteiger partial charge in [-0.05, 0) is 38.1 Å². The Kier molecular flexibility index (Phi) is 7.98. The molecular formula is C36H30N2O2. The molecule has 0 spiro atoms. The number of hydrogen-bond donors (Lipinski definition) is 2. The molecule has 2 N–H and O–H groups in total. The fourth-order valence-electron chi connectivity index (χ4n) is 4.22. The maximum Gasteiger partial charge on any atom is 0.124 e. The van der Waals surface area contributed by atoms with Crippen LogP contribution in [0.3, 0.4) is 0 Å². The van der Waals surface area contributed by atoms with Crippen molar-refractivity contribution in [1.29, 1.82) is 0 Å². The van der Waals surface area contributed by atoms with Crippen molar-refractivity contribution in [2.75, 3.05) is 0 Å². The van der Waals surface area contributed by atoms with Crippen LogP contribution in [0.1, 0.15) is 33.6 Å². The van der Waals surface area contributed by atoms with Crippen molar-refractivity contribution in [2.45, 2.75) is 13.8 Å². The number of aliphatic hydroxyl groups excluding tert-OH is 2. The van der Waals surface area contributed by atoms with Crippen LogP contribution in [-0.2, 0) is 0 Å². The van der Waals surface area contributed by atoms with E-state index in [-0.39, 0.29) is 11.5 Å². The van der Waals surface area contributed by atoms with E-state index in [1.54, 1.807) is 12.2 Å². The molecule has 0 bridgehead atoms. The van der Waals surface area contributed by atoms with Gasteiger partial charge in [0.15, 0.2) is 0 Å². The van der Waals surface area contributed by atoms with Gasteiger partial charge >= 0.3 is 0 Å². The number of para-hydroxylation sites is 2. The van der Waals surface area contributed by atoms with E-state index >= 15 is 0 Å². The fourth-order valence-corrected chi connectivity index (χ4v) is 4.22. The Hall–Kier alpha value is -5.22. The number of nitrogens with zero attached hydrogens (tertiary/aromatic N) is 2. The number of hydrogen-bond acceptors (Lipinski definition) is 4. The standard InChI is InChI=1S/2C18H15NO/c2*1-13-6-8-15(9-7-13)18(20)12-16-11-10-14-4-2-3-5-17(14)19-16/h2*2-12,20H,1H3/b2*18-12-. The summed E-state index contributed by atoms with van der Waals surface area (Å²) in [6, 6.07) is 39.3. The van der Waals surface area contributed by atoms with Crippen LogP contribution in [0.25, 0.3) is 45.5 Å². The zero-order chi connectivity index (χ0) is 27.9. The number of aromatic nitrogens is 2. The van der Waals surface area contributed by atoms with E-state index in [9.17, 15) is 10.2 Å². The summed E-state index contributed by atoms with van der Waals surface area (Å²) in [5.41, 5.74) is 7.30. The van der Waals surface area contributed by atoms with Crippen molar-refractivity contribution in [1.82, 2.24) is 9.97 Å². The first-order valence-corrected chi connectivity index (χ1v) is 13.1. The molecule has 6 rings (SSSR count). The molecular weight excluding hydrogens is 492 g/mol. The Morgan fingerprint density at radius 3 is 1.25 bits per heavy atom. The summed E-state index contributed by atoms with van der Waals surface area (Å²) < 4.78 is 0. The van der Waals surface area contributed by atoms with Gasteiger partial charge in [-0.15, -0.1) is 0 Å². The maximum absolute atomic E-state index is 10.2. The molecule has 0 aliphatic heterocycles. The van der Waals surface area contributed by atoms with Crippen molar-refractivity contribution >= 4 is 45.5 Å². The van der Waals surface area contributed by atoms with Crippen LogP contribution in [-0.4, -0.2) is 20.2 Å². The monoisotopic (exact) mass is 522 g/mol. The second-order valence-corrected chi connectivity index (χ2v) is 9.65. The number of rotatable bonds is 4. The van der Waals surface area contributed by atoms with E-state index in [1.807, 2.05) is 135 Å². The zero-order valence-corrected chi connectivity index (χ0v) is 22.5.